The number of nitrogens with zero attached hydrogens (tertiary/aromatic N) is 3. The topological polar surface area (TPSA) is 97.0 Å². The summed E-state index contributed by atoms with van der Waals surface area (Å²) in [6.07, 6.45) is 1.85. The van der Waals surface area contributed by atoms with Gasteiger partial charge in [0.15, 0.2) is 5.65 Å². The van der Waals surface area contributed by atoms with E-state index in [1.807, 2.05) is 18.7 Å². The van der Waals surface area contributed by atoms with E-state index in [1.165, 1.54) is 0 Å². The summed E-state index contributed by atoms with van der Waals surface area (Å²) in [6.45, 7) is 9.52. The lowest BCUT2D eigenvalue weighted by atomic mass is 9.79. The Morgan fingerprint density at radius 2 is 2.08 bits per heavy atom. The largest absolute Gasteiger partial charge is 0.342 e. The van der Waals surface area contributed by atoms with Crippen molar-refractivity contribution in [3.8, 4) is 0 Å². The Morgan fingerprint density at radius 1 is 1.38 bits per heavy atom. The third-order valence-electron chi connectivity index (χ3n) is 5.83. The van der Waals surface area contributed by atoms with Gasteiger partial charge in [-0.05, 0) is 43.2 Å². The molecule has 1 saturated heterocycles. The van der Waals surface area contributed by atoms with Crippen LogP contribution >= 0.6 is 0 Å². The number of pyridine rings is 1. The summed E-state index contributed by atoms with van der Waals surface area (Å²) < 4.78 is 1.64. The van der Waals surface area contributed by atoms with E-state index in [0.717, 1.165) is 29.8 Å². The van der Waals surface area contributed by atoms with Crippen LogP contribution in [0, 0.1) is 19.3 Å². The molecule has 2 aromatic heterocycles. The summed E-state index contributed by atoms with van der Waals surface area (Å²) in [5, 5.41) is 3.37. The zero-order valence-corrected chi connectivity index (χ0v) is 16.3. The Kier molecular flexibility index (Phi) is 4.69. The van der Waals surface area contributed by atoms with E-state index >= 15 is 0 Å². The molecule has 1 amide bonds. The number of fused-ring (bicyclic) bond motifs is 1. The van der Waals surface area contributed by atoms with Crippen molar-refractivity contribution in [3.05, 3.63) is 27.2 Å². The Morgan fingerprint density at radius 3 is 2.73 bits per heavy atom. The number of carbonyl (C=O) groups is 1. The van der Waals surface area contributed by atoms with E-state index in [9.17, 15) is 9.59 Å². The minimum absolute atomic E-state index is 0.0580. The Labute approximate surface area is 153 Å². The fourth-order valence-electron chi connectivity index (χ4n) is 3.99. The van der Waals surface area contributed by atoms with Crippen LogP contribution in [0.3, 0.4) is 0 Å². The molecule has 1 atom stereocenters. The first-order valence-corrected chi connectivity index (χ1v) is 9.20. The molecule has 7 heteroatoms. The fraction of sp³-hybridized carbons (Fsp3) is 0.632. The minimum Gasteiger partial charge on any atom is -0.342 e. The molecule has 0 spiro atoms. The van der Waals surface area contributed by atoms with Gasteiger partial charge in [0.25, 0.3) is 5.56 Å². The van der Waals surface area contributed by atoms with Crippen LogP contribution in [0.5, 0.6) is 0 Å². The molecule has 3 N–H and O–H groups in total. The fourth-order valence-corrected chi connectivity index (χ4v) is 3.99. The van der Waals surface area contributed by atoms with Crippen molar-refractivity contribution in [2.75, 3.05) is 13.1 Å². The maximum atomic E-state index is 12.7. The van der Waals surface area contributed by atoms with E-state index in [0.29, 0.717) is 30.4 Å². The number of nitrogens with one attached hydrogen (secondary N) is 1. The molecule has 1 aliphatic rings. The number of rotatable bonds is 3. The second-order valence-electron chi connectivity index (χ2n) is 8.20. The van der Waals surface area contributed by atoms with Gasteiger partial charge in [-0.15, -0.1) is 0 Å². The lowest BCUT2D eigenvalue weighted by Gasteiger charge is -2.42. The predicted octanol–water partition coefficient (Wildman–Crippen LogP) is 1.40. The van der Waals surface area contributed by atoms with Gasteiger partial charge in [0.1, 0.15) is 0 Å². The number of nitrogens with two attached hydrogens (primary N) is 1. The molecule has 0 saturated carbocycles. The first kappa shape index (κ1) is 18.6. The standard InChI is InChI=1S/C19H29N5O2/c1-11-13(12(2)21-17-16(11)18(26)22-23(17)5)6-7-15(25)24-9-8-14(20)19(3,4)10-24/h14H,6-10,20H2,1-5H3,(H,22,26). The van der Waals surface area contributed by atoms with Gasteiger partial charge < -0.3 is 10.6 Å². The average Bonchev–Trinajstić information content (AvgIpc) is 2.83. The van der Waals surface area contributed by atoms with Gasteiger partial charge in [0.05, 0.1) is 5.39 Å². The van der Waals surface area contributed by atoms with Crippen molar-refractivity contribution in [3.63, 3.8) is 0 Å². The number of hydrogen-bond donors (Lipinski definition) is 2. The third kappa shape index (κ3) is 3.16. The molecule has 2 aromatic rings. The van der Waals surface area contributed by atoms with Crippen LogP contribution in [0.25, 0.3) is 11.0 Å². The third-order valence-corrected chi connectivity index (χ3v) is 5.83. The van der Waals surface area contributed by atoms with Crippen LogP contribution in [-0.2, 0) is 18.3 Å². The van der Waals surface area contributed by atoms with Gasteiger partial charge in [-0.25, -0.2) is 4.98 Å². The summed E-state index contributed by atoms with van der Waals surface area (Å²) in [6, 6.07) is 0.132. The molecule has 7 nitrogen and oxygen atoms in total. The van der Waals surface area contributed by atoms with Crippen LogP contribution in [-0.4, -0.2) is 44.7 Å². The normalized spacial score (nSPS) is 19.9. The molecule has 1 unspecified atom stereocenters. The van der Waals surface area contributed by atoms with Gasteiger partial charge >= 0.3 is 0 Å². The van der Waals surface area contributed by atoms with Gasteiger partial charge in [-0.2, -0.15) is 0 Å². The molecule has 142 valence electrons. The van der Waals surface area contributed by atoms with Crippen molar-refractivity contribution in [1.29, 1.82) is 0 Å². The van der Waals surface area contributed by atoms with Crippen molar-refractivity contribution in [2.24, 2.45) is 18.2 Å². The SMILES string of the molecule is Cc1nc2c(c(C)c1CCC(=O)N1CCC(N)C(C)(C)C1)c(=O)[nH]n2C. The molecule has 3 heterocycles. The molecule has 26 heavy (non-hydrogen) atoms. The first-order valence-electron chi connectivity index (χ1n) is 9.20. The van der Waals surface area contributed by atoms with Crippen molar-refractivity contribution in [1.82, 2.24) is 19.7 Å². The molecule has 0 aliphatic carbocycles. The quantitative estimate of drug-likeness (QED) is 0.865. The highest BCUT2D eigenvalue weighted by atomic mass is 16.2. The van der Waals surface area contributed by atoms with Gasteiger partial charge in [0, 0.05) is 38.3 Å². The van der Waals surface area contributed by atoms with Crippen LogP contribution in [0.15, 0.2) is 4.79 Å². The number of piperidine rings is 1. The lowest BCUT2D eigenvalue weighted by molar-refractivity contribution is -0.134. The number of likely N-dealkylation sites (tertiary alicyclic amines) is 1. The number of carbonyl (C=O) groups excluding carboxylic acids is 1. The Bertz CT molecular complexity index is 909. The molecule has 1 aliphatic heterocycles. The van der Waals surface area contributed by atoms with Gasteiger partial charge in [0.2, 0.25) is 5.91 Å². The minimum atomic E-state index is -0.133. The highest BCUT2D eigenvalue weighted by molar-refractivity contribution is 5.81. The van der Waals surface area contributed by atoms with Crippen LogP contribution in [0.1, 0.15) is 43.5 Å². The second kappa shape index (κ2) is 6.54. The zero-order valence-electron chi connectivity index (χ0n) is 16.3. The molecule has 3 rings (SSSR count). The number of hydrogen-bond acceptors (Lipinski definition) is 4. The van der Waals surface area contributed by atoms with Gasteiger partial charge in [-0.1, -0.05) is 13.8 Å². The Balaban J connectivity index is 1.79. The average molecular weight is 359 g/mol. The molecule has 0 radical (unpaired) electrons. The summed E-state index contributed by atoms with van der Waals surface area (Å²) in [5.41, 5.74) is 9.43. The van der Waals surface area contributed by atoms with E-state index in [4.69, 9.17) is 5.73 Å². The van der Waals surface area contributed by atoms with Crippen molar-refractivity contribution in [2.45, 2.75) is 53.0 Å². The van der Waals surface area contributed by atoms with E-state index in [-0.39, 0.29) is 22.9 Å². The van der Waals surface area contributed by atoms with E-state index < -0.39 is 0 Å². The molecular formula is C19H29N5O2. The number of aryl methyl sites for hydroxylation is 3. The Hall–Kier alpha value is -2.15. The van der Waals surface area contributed by atoms with Crippen molar-refractivity contribution >= 4 is 16.9 Å². The highest BCUT2D eigenvalue weighted by Gasteiger charge is 2.35. The second-order valence-corrected chi connectivity index (χ2v) is 8.20. The maximum Gasteiger partial charge on any atom is 0.273 e. The first-order chi connectivity index (χ1) is 12.1. The van der Waals surface area contributed by atoms with Crippen LogP contribution < -0.4 is 11.3 Å². The number of amides is 1. The maximum absolute atomic E-state index is 12.7. The molecule has 0 bridgehead atoms. The molecular weight excluding hydrogens is 330 g/mol. The molecule has 0 aromatic carbocycles. The smallest absolute Gasteiger partial charge is 0.273 e. The monoisotopic (exact) mass is 359 g/mol. The van der Waals surface area contributed by atoms with Crippen LogP contribution in [0.2, 0.25) is 0 Å². The van der Waals surface area contributed by atoms with E-state index in [1.54, 1.807) is 11.7 Å². The molecule has 1 fully saturated rings. The van der Waals surface area contributed by atoms with Gasteiger partial charge in [-0.3, -0.25) is 19.4 Å². The summed E-state index contributed by atoms with van der Waals surface area (Å²) >= 11 is 0. The summed E-state index contributed by atoms with van der Waals surface area (Å²) in [5.74, 6) is 0.144. The lowest BCUT2D eigenvalue weighted by Crippen LogP contribution is -2.54. The highest BCUT2D eigenvalue weighted by Crippen LogP contribution is 2.28. The van der Waals surface area contributed by atoms with Crippen LogP contribution in [0.4, 0.5) is 0 Å². The number of aromatic nitrogens is 3. The number of H-pyrrole nitrogens is 1. The predicted molar refractivity (Wildman–Crippen MR) is 102 cm³/mol. The van der Waals surface area contributed by atoms with Crippen molar-refractivity contribution < 1.29 is 4.79 Å². The zero-order chi connectivity index (χ0) is 19.2. The number of aromatic amines is 1. The summed E-state index contributed by atoms with van der Waals surface area (Å²) in [7, 11) is 1.78. The van der Waals surface area contributed by atoms with E-state index in [2.05, 4.69) is 23.9 Å². The summed E-state index contributed by atoms with van der Waals surface area (Å²) in [4.78, 5) is 31.4.